The molecule has 2 rings (SSSR count). The molecule has 0 radical (unpaired) electrons. The highest BCUT2D eigenvalue weighted by Gasteiger charge is 2.09. The molecule has 0 aliphatic rings. The normalized spacial score (nSPS) is 10.4. The van der Waals surface area contributed by atoms with Crippen LogP contribution in [0, 0.1) is 5.82 Å². The van der Waals surface area contributed by atoms with Gasteiger partial charge < -0.3 is 5.43 Å². The van der Waals surface area contributed by atoms with E-state index in [1.54, 1.807) is 12.1 Å². The third kappa shape index (κ3) is 3.22. The van der Waals surface area contributed by atoms with Crippen molar-refractivity contribution in [2.45, 2.75) is 6.54 Å². The molecule has 2 nitrogen and oxygen atoms in total. The fraction of sp³-hybridized carbons (Fsp3) is 0.0769. The lowest BCUT2D eigenvalue weighted by Gasteiger charge is -2.10. The predicted octanol–water partition coefficient (Wildman–Crippen LogP) is 4.36. The van der Waals surface area contributed by atoms with Crippen molar-refractivity contribution in [2.75, 3.05) is 5.43 Å². The predicted molar refractivity (Wildman–Crippen MR) is 76.0 cm³/mol. The minimum absolute atomic E-state index is 0.295. The zero-order valence-electron chi connectivity index (χ0n) is 9.38. The van der Waals surface area contributed by atoms with Gasteiger partial charge in [-0.3, -0.25) is 0 Å². The van der Waals surface area contributed by atoms with Gasteiger partial charge in [-0.2, -0.15) is 0 Å². The molecule has 0 spiro atoms. The van der Waals surface area contributed by atoms with Gasteiger partial charge in [-0.15, -0.1) is 0 Å². The van der Waals surface area contributed by atoms with Crippen LogP contribution in [0.15, 0.2) is 46.9 Å². The second-order valence-electron chi connectivity index (χ2n) is 3.68. The van der Waals surface area contributed by atoms with Crippen LogP contribution in [-0.2, 0) is 6.54 Å². The summed E-state index contributed by atoms with van der Waals surface area (Å²) in [7, 11) is 0. The van der Waals surface area contributed by atoms with Crippen molar-refractivity contribution < 1.29 is 4.39 Å². The van der Waals surface area contributed by atoms with Gasteiger partial charge >= 0.3 is 0 Å². The summed E-state index contributed by atoms with van der Waals surface area (Å²) in [6.07, 6.45) is 0. The summed E-state index contributed by atoms with van der Waals surface area (Å²) in [5.41, 5.74) is 7.40. The van der Waals surface area contributed by atoms with Crippen molar-refractivity contribution in [3.63, 3.8) is 0 Å². The molecule has 0 aromatic heterocycles. The molecular weight excluding hydrogens is 319 g/mol. The number of halogens is 3. The van der Waals surface area contributed by atoms with E-state index in [9.17, 15) is 4.39 Å². The van der Waals surface area contributed by atoms with Gasteiger partial charge in [-0.25, -0.2) is 9.82 Å². The van der Waals surface area contributed by atoms with E-state index in [1.807, 2.05) is 30.3 Å². The van der Waals surface area contributed by atoms with Crippen LogP contribution in [0.3, 0.4) is 0 Å². The van der Waals surface area contributed by atoms with Gasteiger partial charge in [0.2, 0.25) is 0 Å². The van der Waals surface area contributed by atoms with Crippen LogP contribution in [0.25, 0.3) is 0 Å². The fourth-order valence-electron chi connectivity index (χ4n) is 1.47. The smallest absolute Gasteiger partial charge is 0.143 e. The number of hydrogen-bond donors (Lipinski definition) is 2. The van der Waals surface area contributed by atoms with Crippen LogP contribution in [-0.4, -0.2) is 0 Å². The SMILES string of the molecule is Fc1c(CNNc2ccccc2)ccc(Cl)c1Br. The van der Waals surface area contributed by atoms with Crippen molar-refractivity contribution in [1.29, 1.82) is 0 Å². The summed E-state index contributed by atoms with van der Waals surface area (Å²) in [4.78, 5) is 0. The maximum absolute atomic E-state index is 13.8. The molecule has 5 heteroatoms. The summed E-state index contributed by atoms with van der Waals surface area (Å²) >= 11 is 8.90. The second kappa shape index (κ2) is 6.18. The van der Waals surface area contributed by atoms with E-state index >= 15 is 0 Å². The van der Waals surface area contributed by atoms with E-state index in [0.29, 0.717) is 21.6 Å². The molecule has 0 bridgehead atoms. The van der Waals surface area contributed by atoms with Crippen molar-refractivity contribution in [3.8, 4) is 0 Å². The monoisotopic (exact) mass is 328 g/mol. The summed E-state index contributed by atoms with van der Waals surface area (Å²) in [6.45, 7) is 0.358. The first kappa shape index (κ1) is 13.3. The molecule has 0 amide bonds. The molecule has 2 aromatic rings. The van der Waals surface area contributed by atoms with E-state index < -0.39 is 0 Å². The molecule has 0 saturated carbocycles. The van der Waals surface area contributed by atoms with Crippen LogP contribution >= 0.6 is 27.5 Å². The maximum atomic E-state index is 13.8. The summed E-state index contributed by atoms with van der Waals surface area (Å²) in [5.74, 6) is -0.343. The average Bonchev–Trinajstić information content (AvgIpc) is 2.40. The van der Waals surface area contributed by atoms with E-state index in [2.05, 4.69) is 26.8 Å². The Labute approximate surface area is 118 Å². The van der Waals surface area contributed by atoms with Gasteiger partial charge in [-0.1, -0.05) is 35.9 Å². The molecule has 2 aromatic carbocycles. The summed E-state index contributed by atoms with van der Waals surface area (Å²) in [5, 5.41) is 0.368. The Hall–Kier alpha value is -1.10. The minimum Gasteiger partial charge on any atom is -0.321 e. The number of hydrogen-bond acceptors (Lipinski definition) is 2. The average molecular weight is 330 g/mol. The topological polar surface area (TPSA) is 24.1 Å². The van der Waals surface area contributed by atoms with Gasteiger partial charge in [0.15, 0.2) is 0 Å². The molecule has 0 aliphatic carbocycles. The maximum Gasteiger partial charge on any atom is 0.143 e. The molecular formula is C13H11BrClFN2. The van der Waals surface area contributed by atoms with E-state index in [4.69, 9.17) is 11.6 Å². The van der Waals surface area contributed by atoms with Crippen LogP contribution in [0.4, 0.5) is 10.1 Å². The van der Waals surface area contributed by atoms with Crippen LogP contribution in [0.2, 0.25) is 5.02 Å². The molecule has 0 aliphatic heterocycles. The van der Waals surface area contributed by atoms with Gasteiger partial charge in [0.05, 0.1) is 9.50 Å². The first-order valence-electron chi connectivity index (χ1n) is 5.35. The van der Waals surface area contributed by atoms with Gasteiger partial charge in [-0.05, 0) is 34.1 Å². The van der Waals surface area contributed by atoms with Gasteiger partial charge in [0.25, 0.3) is 0 Å². The molecule has 0 saturated heterocycles. The van der Waals surface area contributed by atoms with Crippen molar-refractivity contribution in [3.05, 3.63) is 63.3 Å². The number of hydrazine groups is 1. The molecule has 0 atom stereocenters. The highest BCUT2D eigenvalue weighted by Crippen LogP contribution is 2.27. The Kier molecular flexibility index (Phi) is 4.58. The highest BCUT2D eigenvalue weighted by atomic mass is 79.9. The standard InChI is InChI=1S/C13H11BrClFN2/c14-12-11(15)7-6-9(13(12)16)8-17-18-10-4-2-1-3-5-10/h1-7,17-18H,8H2. The molecule has 0 unspecified atom stereocenters. The molecule has 94 valence electrons. The van der Waals surface area contributed by atoms with Crippen LogP contribution < -0.4 is 10.9 Å². The fourth-order valence-corrected chi connectivity index (χ4v) is 2.00. The quantitative estimate of drug-likeness (QED) is 0.643. The number of benzene rings is 2. The number of rotatable bonds is 4. The Morgan fingerprint density at radius 1 is 1.11 bits per heavy atom. The zero-order valence-corrected chi connectivity index (χ0v) is 11.7. The Bertz CT molecular complexity index is 534. The minimum atomic E-state index is -0.343. The van der Waals surface area contributed by atoms with Crippen molar-refractivity contribution >= 4 is 33.2 Å². The number of para-hydroxylation sites is 1. The largest absolute Gasteiger partial charge is 0.321 e. The van der Waals surface area contributed by atoms with Crippen LogP contribution in [0.1, 0.15) is 5.56 Å². The molecule has 0 heterocycles. The summed E-state index contributed by atoms with van der Waals surface area (Å²) in [6, 6.07) is 12.9. The summed E-state index contributed by atoms with van der Waals surface area (Å²) < 4.78 is 14.1. The molecule has 0 fully saturated rings. The van der Waals surface area contributed by atoms with Gasteiger partial charge in [0.1, 0.15) is 5.82 Å². The van der Waals surface area contributed by atoms with Crippen molar-refractivity contribution in [2.24, 2.45) is 0 Å². The third-order valence-electron chi connectivity index (χ3n) is 2.40. The van der Waals surface area contributed by atoms with E-state index in [1.165, 1.54) is 0 Å². The first-order valence-corrected chi connectivity index (χ1v) is 6.52. The lowest BCUT2D eigenvalue weighted by molar-refractivity contribution is 0.594. The molecule has 2 N–H and O–H groups in total. The van der Waals surface area contributed by atoms with Crippen molar-refractivity contribution in [1.82, 2.24) is 5.43 Å². The van der Waals surface area contributed by atoms with Gasteiger partial charge in [0, 0.05) is 17.8 Å². The highest BCUT2D eigenvalue weighted by molar-refractivity contribution is 9.10. The number of nitrogens with one attached hydrogen (secondary N) is 2. The lowest BCUT2D eigenvalue weighted by Crippen LogP contribution is -2.21. The number of anilines is 1. The Balaban J connectivity index is 1.97. The molecule has 18 heavy (non-hydrogen) atoms. The van der Waals surface area contributed by atoms with E-state index in [0.717, 1.165) is 5.69 Å². The first-order chi connectivity index (χ1) is 8.68. The lowest BCUT2D eigenvalue weighted by atomic mass is 10.2. The zero-order chi connectivity index (χ0) is 13.0. The third-order valence-corrected chi connectivity index (χ3v) is 3.72. The second-order valence-corrected chi connectivity index (χ2v) is 4.88. The Morgan fingerprint density at radius 3 is 2.56 bits per heavy atom. The van der Waals surface area contributed by atoms with Crippen LogP contribution in [0.5, 0.6) is 0 Å². The van der Waals surface area contributed by atoms with E-state index in [-0.39, 0.29) is 5.82 Å². The Morgan fingerprint density at radius 2 is 1.83 bits per heavy atom.